The summed E-state index contributed by atoms with van der Waals surface area (Å²) in [5.74, 6) is -2.45. The lowest BCUT2D eigenvalue weighted by atomic mass is 9.82. The fourth-order valence-corrected chi connectivity index (χ4v) is 7.12. The zero-order chi connectivity index (χ0) is 36.2. The average Bonchev–Trinajstić information content (AvgIpc) is 3.82. The molecule has 0 saturated carbocycles. The normalized spacial score (nSPS) is 48.3. The van der Waals surface area contributed by atoms with Gasteiger partial charge in [0.25, 0.3) is 0 Å². The van der Waals surface area contributed by atoms with Crippen LogP contribution < -0.4 is 0 Å². The molecule has 0 aromatic rings. The summed E-state index contributed by atoms with van der Waals surface area (Å²) in [6, 6.07) is 0. The van der Waals surface area contributed by atoms with Crippen LogP contribution in [0.1, 0.15) is 54.4 Å². The van der Waals surface area contributed by atoms with Gasteiger partial charge in [-0.15, -0.1) is 0 Å². The Balaban J connectivity index is 1.56. The van der Waals surface area contributed by atoms with Crippen LogP contribution in [-0.4, -0.2) is 140 Å². The molecule has 0 unspecified atom stereocenters. The van der Waals surface area contributed by atoms with Crippen molar-refractivity contribution < 1.29 is 67.5 Å². The Hall–Kier alpha value is -1.82. The van der Waals surface area contributed by atoms with Crippen LogP contribution in [0.2, 0.25) is 0 Å². The van der Waals surface area contributed by atoms with E-state index < -0.39 is 109 Å². The van der Waals surface area contributed by atoms with Gasteiger partial charge in [0, 0.05) is 45.7 Å². The van der Waals surface area contributed by atoms with Crippen LogP contribution >= 0.6 is 0 Å². The largest absolute Gasteiger partial charge is 0.459 e. The first-order valence-electron chi connectivity index (χ1n) is 17.1. The molecule has 14 heteroatoms. The second-order valence-corrected chi connectivity index (χ2v) is 14.1. The summed E-state index contributed by atoms with van der Waals surface area (Å²) >= 11 is 0. The average molecular weight is 701 g/mol. The third kappa shape index (κ3) is 9.74. The Bertz CT molecular complexity index is 1160. The Morgan fingerprint density at radius 1 is 0.837 bits per heavy atom. The topological polar surface area (TPSA) is 181 Å². The van der Waals surface area contributed by atoms with Crippen molar-refractivity contribution in [3.05, 3.63) is 24.3 Å². The Kier molecular flexibility index (Phi) is 14.0. The maximum Gasteiger partial charge on any atom is 0.330 e. The van der Waals surface area contributed by atoms with Crippen LogP contribution in [0.25, 0.3) is 0 Å². The first kappa shape index (κ1) is 40.0. The first-order chi connectivity index (χ1) is 23.1. The molecule has 4 rings (SSSR count). The zero-order valence-corrected chi connectivity index (χ0v) is 30.0. The number of rotatable bonds is 8. The molecule has 49 heavy (non-hydrogen) atoms. The molecular weight excluding hydrogens is 644 g/mol. The number of carbonyl (C=O) groups is 2. The molecule has 4 aliphatic rings. The number of aliphatic hydroxyl groups excluding tert-OH is 2. The van der Waals surface area contributed by atoms with E-state index in [1.165, 1.54) is 40.4 Å². The Morgan fingerprint density at radius 3 is 2.18 bits per heavy atom. The van der Waals surface area contributed by atoms with Gasteiger partial charge >= 0.3 is 5.97 Å². The van der Waals surface area contributed by atoms with E-state index in [1.54, 1.807) is 26.0 Å². The molecule has 3 N–H and O–H groups in total. The van der Waals surface area contributed by atoms with Crippen molar-refractivity contribution in [3.63, 3.8) is 0 Å². The van der Waals surface area contributed by atoms with E-state index in [1.807, 2.05) is 20.8 Å². The minimum absolute atomic E-state index is 0.0234. The van der Waals surface area contributed by atoms with Crippen molar-refractivity contribution in [1.29, 1.82) is 0 Å². The summed E-state index contributed by atoms with van der Waals surface area (Å²) in [5.41, 5.74) is -1.75. The summed E-state index contributed by atoms with van der Waals surface area (Å²) in [6.45, 7) is 10.4. The number of epoxide rings is 1. The number of hydrogen-bond acceptors (Lipinski definition) is 14. The van der Waals surface area contributed by atoms with Gasteiger partial charge in [0.1, 0.15) is 42.2 Å². The van der Waals surface area contributed by atoms with Gasteiger partial charge in [0.15, 0.2) is 18.4 Å². The van der Waals surface area contributed by atoms with Gasteiger partial charge in [-0.05, 0) is 52.2 Å². The number of methoxy groups -OCH3 is 3. The number of carbonyl (C=O) groups excluding carboxylic acids is 2. The van der Waals surface area contributed by atoms with Gasteiger partial charge in [-0.25, -0.2) is 4.79 Å². The van der Waals surface area contributed by atoms with E-state index >= 15 is 0 Å². The van der Waals surface area contributed by atoms with E-state index in [4.69, 9.17) is 42.6 Å². The molecule has 0 aliphatic carbocycles. The van der Waals surface area contributed by atoms with Gasteiger partial charge in [-0.1, -0.05) is 19.9 Å². The van der Waals surface area contributed by atoms with Gasteiger partial charge in [-0.3, -0.25) is 4.79 Å². The lowest BCUT2D eigenvalue weighted by Gasteiger charge is -2.42. The van der Waals surface area contributed by atoms with E-state index in [9.17, 15) is 24.9 Å². The minimum atomic E-state index is -1.75. The van der Waals surface area contributed by atoms with Crippen LogP contribution in [-0.2, 0) is 52.2 Å². The smallest absolute Gasteiger partial charge is 0.330 e. The number of hydrogen-bond donors (Lipinski definition) is 3. The predicted molar refractivity (Wildman–Crippen MR) is 173 cm³/mol. The highest BCUT2D eigenvalue weighted by molar-refractivity contribution is 5.96. The molecule has 17 atom stereocenters. The molecule has 0 radical (unpaired) electrons. The summed E-state index contributed by atoms with van der Waals surface area (Å²) in [6.07, 6.45) is -2.67. The highest BCUT2D eigenvalue weighted by Gasteiger charge is 2.50. The molecule has 0 aromatic heterocycles. The number of cyclic esters (lactones) is 1. The lowest BCUT2D eigenvalue weighted by Crippen LogP contribution is -2.59. The number of ether oxygens (including phenoxy) is 9. The minimum Gasteiger partial charge on any atom is -0.459 e. The number of esters is 1. The highest BCUT2D eigenvalue weighted by atomic mass is 16.7. The standard InChI is InChI=1S/C35H56O14/c1-17-10-13-26(37)46-20(4)22(16-44-34-32(43-9)31(42-8)27(38)21(5)47-34)30-23(48-30)11-12-25(36)35(6,40)15-18(2)29(17)49-33-28(39)24(41-7)14-19(3)45-33/h10-13,17-24,27-34,38-40H,14-16H2,1-9H3/b12-11-,13-10-/t17-,18-,19+,20+,21+,22+,23+,24-,27+,28+,29+,30-,31+,32+,33-,34+,35-/m0/s1. The highest BCUT2D eigenvalue weighted by Crippen LogP contribution is 2.37. The van der Waals surface area contributed by atoms with Crippen molar-refractivity contribution in [2.24, 2.45) is 17.8 Å². The third-order valence-corrected chi connectivity index (χ3v) is 10.1. The fourth-order valence-electron chi connectivity index (χ4n) is 7.12. The Morgan fingerprint density at radius 2 is 1.53 bits per heavy atom. The number of ketones is 1. The van der Waals surface area contributed by atoms with Gasteiger partial charge in [0.05, 0.1) is 37.1 Å². The van der Waals surface area contributed by atoms with E-state index in [0.29, 0.717) is 6.42 Å². The van der Waals surface area contributed by atoms with E-state index in [2.05, 4.69) is 0 Å². The second kappa shape index (κ2) is 17.1. The van der Waals surface area contributed by atoms with Gasteiger partial charge in [-0.2, -0.15) is 0 Å². The quantitative estimate of drug-likeness (QED) is 0.245. The molecule has 0 aromatic carbocycles. The molecule has 14 nitrogen and oxygen atoms in total. The van der Waals surface area contributed by atoms with Crippen LogP contribution in [0.4, 0.5) is 0 Å². The maximum atomic E-state index is 13.3. The van der Waals surface area contributed by atoms with Crippen LogP contribution in [0.15, 0.2) is 24.3 Å². The lowest BCUT2D eigenvalue weighted by molar-refractivity contribution is -0.305. The predicted octanol–water partition coefficient (Wildman–Crippen LogP) is 1.46. The van der Waals surface area contributed by atoms with Crippen molar-refractivity contribution in [2.75, 3.05) is 27.9 Å². The second-order valence-electron chi connectivity index (χ2n) is 14.1. The number of fused-ring (bicyclic) bond motifs is 1. The van der Waals surface area contributed by atoms with Crippen molar-refractivity contribution in [3.8, 4) is 0 Å². The molecule has 280 valence electrons. The Labute approximate surface area is 288 Å². The monoisotopic (exact) mass is 700 g/mol. The fraction of sp³-hybridized carbons (Fsp3) is 0.829. The van der Waals surface area contributed by atoms with Crippen LogP contribution in [0.5, 0.6) is 0 Å². The molecule has 3 fully saturated rings. The van der Waals surface area contributed by atoms with Crippen molar-refractivity contribution in [1.82, 2.24) is 0 Å². The summed E-state index contributed by atoms with van der Waals surface area (Å²) in [5, 5.41) is 32.8. The molecular formula is C35H56O14. The zero-order valence-electron chi connectivity index (χ0n) is 30.0. The van der Waals surface area contributed by atoms with Gasteiger partial charge in [0.2, 0.25) is 0 Å². The summed E-state index contributed by atoms with van der Waals surface area (Å²) < 4.78 is 52.6. The molecule has 3 saturated heterocycles. The molecule has 4 aliphatic heterocycles. The first-order valence-corrected chi connectivity index (χ1v) is 17.1. The van der Waals surface area contributed by atoms with E-state index in [0.717, 1.165) is 0 Å². The summed E-state index contributed by atoms with van der Waals surface area (Å²) in [4.78, 5) is 26.5. The van der Waals surface area contributed by atoms with Crippen molar-refractivity contribution in [2.45, 2.75) is 140 Å². The maximum absolute atomic E-state index is 13.3. The van der Waals surface area contributed by atoms with Crippen LogP contribution in [0.3, 0.4) is 0 Å². The van der Waals surface area contributed by atoms with Crippen molar-refractivity contribution >= 4 is 11.8 Å². The molecule has 0 amide bonds. The molecule has 0 spiro atoms. The molecule has 4 heterocycles. The number of aliphatic hydroxyl groups is 3. The third-order valence-electron chi connectivity index (χ3n) is 10.1. The van der Waals surface area contributed by atoms with Gasteiger partial charge < -0.3 is 58.0 Å². The van der Waals surface area contributed by atoms with E-state index in [-0.39, 0.29) is 19.1 Å². The summed E-state index contributed by atoms with van der Waals surface area (Å²) in [7, 11) is 4.46. The van der Waals surface area contributed by atoms with Crippen LogP contribution in [0, 0.1) is 17.8 Å². The SMILES string of the molecule is CO[C@@H]1[C@H](O)[C@@H](C)O[C@@H](OC[C@H]2[C@@H]3O[C@@H]3/C=C\C(=O)[C@@](C)(O)C[C@H](C)[C@H](O[C@@H]3O[C@H](C)C[C@H](OC)[C@H]3O)[C@@H](C)/C=C\C(=O)O[C@@H]2C)[C@@H]1OC. The molecule has 0 bridgehead atoms.